The first kappa shape index (κ1) is 20.2. The Bertz CT molecular complexity index is 722. The van der Waals surface area contributed by atoms with E-state index in [4.69, 9.17) is 18.9 Å². The molecule has 0 saturated heterocycles. The van der Waals surface area contributed by atoms with E-state index in [2.05, 4.69) is 17.6 Å². The Morgan fingerprint density at radius 3 is 2.11 bits per heavy atom. The van der Waals surface area contributed by atoms with Crippen molar-refractivity contribution in [3.8, 4) is 23.0 Å². The van der Waals surface area contributed by atoms with Crippen LogP contribution in [-0.4, -0.2) is 40.5 Å². The first-order valence-electron chi connectivity index (χ1n) is 8.67. The van der Waals surface area contributed by atoms with Crippen LogP contribution >= 0.6 is 0 Å². The summed E-state index contributed by atoms with van der Waals surface area (Å²) in [6.07, 6.45) is 0.989. The van der Waals surface area contributed by atoms with Crippen molar-refractivity contribution in [3.05, 3.63) is 42.0 Å². The van der Waals surface area contributed by atoms with E-state index >= 15 is 0 Å². The molecule has 27 heavy (non-hydrogen) atoms. The Morgan fingerprint density at radius 1 is 0.963 bits per heavy atom. The quantitative estimate of drug-likeness (QED) is 0.657. The molecule has 0 atom stereocenters. The van der Waals surface area contributed by atoms with Gasteiger partial charge in [0, 0.05) is 12.1 Å². The number of hydrogen-bond donors (Lipinski definition) is 2. The summed E-state index contributed by atoms with van der Waals surface area (Å²) in [5.74, 6) is 2.17. The van der Waals surface area contributed by atoms with Crippen LogP contribution in [0.25, 0.3) is 0 Å². The molecule has 0 aromatic heterocycles. The molecule has 0 unspecified atom stereocenters. The zero-order chi connectivity index (χ0) is 19.6. The van der Waals surface area contributed by atoms with Gasteiger partial charge in [0.1, 0.15) is 12.4 Å². The minimum atomic E-state index is -0.353. The third-order valence-corrected chi connectivity index (χ3v) is 3.91. The number of carbonyl (C=O) groups excluding carboxylic acids is 1. The molecule has 0 heterocycles. The molecule has 2 aromatic carbocycles. The highest BCUT2D eigenvalue weighted by Gasteiger charge is 2.14. The van der Waals surface area contributed by atoms with Crippen molar-refractivity contribution in [2.24, 2.45) is 0 Å². The van der Waals surface area contributed by atoms with Crippen LogP contribution in [0.15, 0.2) is 36.4 Å². The maximum absolute atomic E-state index is 12.1. The maximum atomic E-state index is 12.1. The molecular formula is C20H26N2O5. The first-order chi connectivity index (χ1) is 13.1. The highest BCUT2D eigenvalue weighted by Crippen LogP contribution is 2.39. The summed E-state index contributed by atoms with van der Waals surface area (Å²) >= 11 is 0. The maximum Gasteiger partial charge on any atom is 0.319 e. The van der Waals surface area contributed by atoms with E-state index in [9.17, 15) is 4.79 Å². The predicted octanol–water partition coefficient (Wildman–Crippen LogP) is 3.48. The van der Waals surface area contributed by atoms with Gasteiger partial charge in [-0.15, -0.1) is 0 Å². The number of rotatable bonds is 9. The molecule has 7 nitrogen and oxygen atoms in total. The Morgan fingerprint density at radius 2 is 1.59 bits per heavy atom. The molecule has 0 aliphatic rings. The lowest BCUT2D eigenvalue weighted by molar-refractivity contribution is 0.247. The standard InChI is InChI=1S/C20H26N2O5/c1-5-14-6-8-16(9-7-14)27-11-10-21-20(23)22-15-12-17(24-2)19(26-4)18(13-15)25-3/h6-9,12-13H,5,10-11H2,1-4H3,(H2,21,22,23). The van der Waals surface area contributed by atoms with Crippen LogP contribution in [0.1, 0.15) is 12.5 Å². The van der Waals surface area contributed by atoms with Gasteiger partial charge in [-0.25, -0.2) is 4.79 Å². The number of anilines is 1. The van der Waals surface area contributed by atoms with Crippen LogP contribution < -0.4 is 29.6 Å². The van der Waals surface area contributed by atoms with Gasteiger partial charge < -0.3 is 29.6 Å². The van der Waals surface area contributed by atoms with Crippen molar-refractivity contribution < 1.29 is 23.7 Å². The van der Waals surface area contributed by atoms with Crippen LogP contribution in [0, 0.1) is 0 Å². The summed E-state index contributed by atoms with van der Waals surface area (Å²) in [6, 6.07) is 10.9. The zero-order valence-electron chi connectivity index (χ0n) is 16.1. The van der Waals surface area contributed by atoms with Crippen molar-refractivity contribution >= 4 is 11.7 Å². The fourth-order valence-electron chi connectivity index (χ4n) is 2.48. The number of benzene rings is 2. The van der Waals surface area contributed by atoms with E-state index < -0.39 is 0 Å². The lowest BCUT2D eigenvalue weighted by atomic mass is 10.2. The lowest BCUT2D eigenvalue weighted by Gasteiger charge is -2.15. The van der Waals surface area contributed by atoms with Gasteiger partial charge in [-0.1, -0.05) is 19.1 Å². The van der Waals surface area contributed by atoms with Crippen LogP contribution in [0.2, 0.25) is 0 Å². The largest absolute Gasteiger partial charge is 0.493 e. The highest BCUT2D eigenvalue weighted by atomic mass is 16.5. The number of ether oxygens (including phenoxy) is 4. The second-order valence-electron chi connectivity index (χ2n) is 5.64. The van der Waals surface area contributed by atoms with Gasteiger partial charge in [0.15, 0.2) is 11.5 Å². The van der Waals surface area contributed by atoms with E-state index in [0.29, 0.717) is 36.1 Å². The normalized spacial score (nSPS) is 10.1. The number of hydrogen-bond acceptors (Lipinski definition) is 5. The Balaban J connectivity index is 1.84. The molecule has 146 valence electrons. The van der Waals surface area contributed by atoms with Gasteiger partial charge in [-0.3, -0.25) is 0 Å². The van der Waals surface area contributed by atoms with Crippen LogP contribution in [-0.2, 0) is 6.42 Å². The molecule has 2 rings (SSSR count). The molecule has 0 saturated carbocycles. The highest BCUT2D eigenvalue weighted by molar-refractivity contribution is 5.90. The second-order valence-corrected chi connectivity index (χ2v) is 5.64. The summed E-state index contributed by atoms with van der Waals surface area (Å²) in [4.78, 5) is 12.1. The Kier molecular flexibility index (Phi) is 7.61. The van der Waals surface area contributed by atoms with E-state index in [0.717, 1.165) is 12.2 Å². The average molecular weight is 374 g/mol. The van der Waals surface area contributed by atoms with E-state index in [1.807, 2.05) is 24.3 Å². The fraction of sp³-hybridized carbons (Fsp3) is 0.350. The molecule has 0 fully saturated rings. The summed E-state index contributed by atoms with van der Waals surface area (Å²) in [6.45, 7) is 2.84. The summed E-state index contributed by atoms with van der Waals surface area (Å²) in [5.41, 5.74) is 1.78. The van der Waals surface area contributed by atoms with Gasteiger partial charge >= 0.3 is 6.03 Å². The van der Waals surface area contributed by atoms with Crippen molar-refractivity contribution in [2.45, 2.75) is 13.3 Å². The minimum Gasteiger partial charge on any atom is -0.493 e. The first-order valence-corrected chi connectivity index (χ1v) is 8.67. The number of urea groups is 1. The van der Waals surface area contributed by atoms with Crippen molar-refractivity contribution in [2.75, 3.05) is 39.8 Å². The third kappa shape index (κ3) is 5.70. The molecule has 0 aliphatic heterocycles. The molecule has 0 spiro atoms. The monoisotopic (exact) mass is 374 g/mol. The molecule has 0 aliphatic carbocycles. The smallest absolute Gasteiger partial charge is 0.319 e. The molecule has 2 amide bonds. The van der Waals surface area contributed by atoms with E-state index in [1.54, 1.807) is 12.1 Å². The minimum absolute atomic E-state index is 0.353. The topological polar surface area (TPSA) is 78.1 Å². The van der Waals surface area contributed by atoms with Gasteiger partial charge in [0.2, 0.25) is 5.75 Å². The van der Waals surface area contributed by atoms with E-state index in [1.165, 1.54) is 26.9 Å². The van der Waals surface area contributed by atoms with Crippen LogP contribution in [0.5, 0.6) is 23.0 Å². The Hall–Kier alpha value is -3.09. The molecule has 0 bridgehead atoms. The van der Waals surface area contributed by atoms with Gasteiger partial charge in [0.25, 0.3) is 0 Å². The van der Waals surface area contributed by atoms with Crippen molar-refractivity contribution in [1.29, 1.82) is 0 Å². The lowest BCUT2D eigenvalue weighted by Crippen LogP contribution is -2.32. The van der Waals surface area contributed by atoms with Crippen LogP contribution in [0.4, 0.5) is 10.5 Å². The molecular weight excluding hydrogens is 348 g/mol. The van der Waals surface area contributed by atoms with Gasteiger partial charge in [0.05, 0.1) is 33.6 Å². The summed E-state index contributed by atoms with van der Waals surface area (Å²) in [5, 5.41) is 5.47. The van der Waals surface area contributed by atoms with Gasteiger partial charge in [-0.2, -0.15) is 0 Å². The predicted molar refractivity (Wildman–Crippen MR) is 104 cm³/mol. The zero-order valence-corrected chi connectivity index (χ0v) is 16.1. The SMILES string of the molecule is CCc1ccc(OCCNC(=O)Nc2cc(OC)c(OC)c(OC)c2)cc1. The molecule has 7 heteroatoms. The van der Waals surface area contributed by atoms with E-state index in [-0.39, 0.29) is 6.03 Å². The van der Waals surface area contributed by atoms with Crippen molar-refractivity contribution in [1.82, 2.24) is 5.32 Å². The molecule has 2 aromatic rings. The third-order valence-electron chi connectivity index (χ3n) is 3.91. The number of aryl methyl sites for hydroxylation is 1. The number of methoxy groups -OCH3 is 3. The number of amides is 2. The second kappa shape index (κ2) is 10.2. The number of carbonyl (C=O) groups is 1. The van der Waals surface area contributed by atoms with Crippen molar-refractivity contribution in [3.63, 3.8) is 0 Å². The van der Waals surface area contributed by atoms with Gasteiger partial charge in [-0.05, 0) is 24.1 Å². The Labute approximate surface area is 159 Å². The molecule has 2 N–H and O–H groups in total. The number of nitrogens with one attached hydrogen (secondary N) is 2. The summed E-state index contributed by atoms with van der Waals surface area (Å²) < 4.78 is 21.4. The average Bonchev–Trinajstić information content (AvgIpc) is 2.70. The summed E-state index contributed by atoms with van der Waals surface area (Å²) in [7, 11) is 4.56. The fourth-order valence-corrected chi connectivity index (χ4v) is 2.48. The van der Waals surface area contributed by atoms with Crippen LogP contribution in [0.3, 0.4) is 0 Å². The molecule has 0 radical (unpaired) electrons.